The van der Waals surface area contributed by atoms with Gasteiger partial charge in [0.2, 0.25) is 0 Å². The van der Waals surface area contributed by atoms with Gasteiger partial charge >= 0.3 is 0 Å². The zero-order valence-electron chi connectivity index (χ0n) is 34.0. The Morgan fingerprint density at radius 2 is 0.841 bits per heavy atom. The highest BCUT2D eigenvalue weighted by atomic mass is 16.5. The summed E-state index contributed by atoms with van der Waals surface area (Å²) in [6, 6.07) is 77.3. The van der Waals surface area contributed by atoms with Crippen molar-refractivity contribution < 1.29 is 4.74 Å². The van der Waals surface area contributed by atoms with Crippen LogP contribution < -0.4 is 4.74 Å². The van der Waals surface area contributed by atoms with Gasteiger partial charge in [0.05, 0.1) is 22.1 Å². The van der Waals surface area contributed by atoms with Gasteiger partial charge in [-0.15, -0.1) is 0 Å². The van der Waals surface area contributed by atoms with Gasteiger partial charge in [-0.25, -0.2) is 15.0 Å². The van der Waals surface area contributed by atoms with Crippen molar-refractivity contribution in [2.45, 2.75) is 5.41 Å². The third kappa shape index (κ3) is 5.33. The second-order valence-electron chi connectivity index (χ2n) is 16.3. The average molecular weight is 805 g/mol. The summed E-state index contributed by atoms with van der Waals surface area (Å²) in [4.78, 5) is 15.3. The smallest absolute Gasteiger partial charge is 0.164 e. The predicted octanol–water partition coefficient (Wildman–Crippen LogP) is 14.1. The quantitative estimate of drug-likeness (QED) is 0.174. The molecule has 0 saturated heterocycles. The van der Waals surface area contributed by atoms with Crippen molar-refractivity contribution in [1.82, 2.24) is 19.5 Å². The summed E-state index contributed by atoms with van der Waals surface area (Å²) >= 11 is 0. The highest BCUT2D eigenvalue weighted by Gasteiger charge is 2.50. The molecule has 0 radical (unpaired) electrons. The number of hydrogen-bond acceptors (Lipinski definition) is 4. The Labute approximate surface area is 364 Å². The van der Waals surface area contributed by atoms with Crippen molar-refractivity contribution in [2.75, 3.05) is 0 Å². The van der Waals surface area contributed by atoms with E-state index in [1.165, 1.54) is 44.2 Å². The van der Waals surface area contributed by atoms with Gasteiger partial charge in [-0.2, -0.15) is 0 Å². The Kier molecular flexibility index (Phi) is 7.75. The monoisotopic (exact) mass is 804 g/mol. The van der Waals surface area contributed by atoms with Crippen LogP contribution in [0.3, 0.4) is 0 Å². The molecule has 0 saturated carbocycles. The zero-order chi connectivity index (χ0) is 41.5. The third-order valence-corrected chi connectivity index (χ3v) is 12.9. The molecule has 11 aromatic rings. The molecule has 5 heteroatoms. The summed E-state index contributed by atoms with van der Waals surface area (Å²) in [7, 11) is 0. The molecule has 2 aliphatic heterocycles. The summed E-state index contributed by atoms with van der Waals surface area (Å²) in [6.45, 7) is 0. The van der Waals surface area contributed by atoms with Crippen molar-refractivity contribution >= 4 is 21.8 Å². The van der Waals surface area contributed by atoms with E-state index >= 15 is 0 Å². The molecule has 63 heavy (non-hydrogen) atoms. The lowest BCUT2D eigenvalue weighted by Gasteiger charge is -2.45. The first-order chi connectivity index (χ1) is 31.2. The highest BCUT2D eigenvalue weighted by Crippen LogP contribution is 2.60. The van der Waals surface area contributed by atoms with Crippen molar-refractivity contribution in [3.63, 3.8) is 0 Å². The summed E-state index contributed by atoms with van der Waals surface area (Å²) in [6.07, 6.45) is 0. The standard InChI is InChI=1S/C58H36N4O/c1-3-15-37(16-4-1)38-29-31-40(32-30-38)56-59-55(39-17-5-2-6-18-39)60-57(61-56)43-20-13-19-41(35-43)42-33-34-53-49(36-42)58(47-24-9-12-28-52(47)63-53)46-23-8-11-27-51(46)62-50-26-10-7-21-44(50)45-22-14-25-48(58)54(45)62/h1-36H. The highest BCUT2D eigenvalue weighted by molar-refractivity contribution is 6.12. The average Bonchev–Trinajstić information content (AvgIpc) is 3.71. The normalized spacial score (nSPS) is 14.5. The Bertz CT molecular complexity index is 3600. The van der Waals surface area contributed by atoms with E-state index in [1.807, 2.05) is 36.4 Å². The Balaban J connectivity index is 0.991. The molecular formula is C58H36N4O. The molecule has 4 heterocycles. The summed E-state index contributed by atoms with van der Waals surface area (Å²) in [5.41, 5.74) is 14.8. The van der Waals surface area contributed by atoms with Gasteiger partial charge in [0.15, 0.2) is 17.5 Å². The van der Waals surface area contributed by atoms with Crippen molar-refractivity contribution in [1.29, 1.82) is 0 Å². The molecule has 0 N–H and O–H groups in total. The molecule has 13 rings (SSSR count). The topological polar surface area (TPSA) is 52.8 Å². The molecular weight excluding hydrogens is 769 g/mol. The van der Waals surface area contributed by atoms with Crippen LogP contribution >= 0.6 is 0 Å². The number of benzene rings is 9. The number of fused-ring (bicyclic) bond motifs is 11. The van der Waals surface area contributed by atoms with E-state index < -0.39 is 5.41 Å². The van der Waals surface area contributed by atoms with Gasteiger partial charge in [0, 0.05) is 38.6 Å². The number of rotatable bonds is 5. The molecule has 2 aromatic heterocycles. The first-order valence-corrected chi connectivity index (χ1v) is 21.3. The first-order valence-electron chi connectivity index (χ1n) is 21.3. The maximum Gasteiger partial charge on any atom is 0.164 e. The predicted molar refractivity (Wildman–Crippen MR) is 253 cm³/mol. The minimum Gasteiger partial charge on any atom is -0.457 e. The van der Waals surface area contributed by atoms with Crippen molar-refractivity contribution in [3.05, 3.63) is 241 Å². The zero-order valence-corrected chi connectivity index (χ0v) is 34.0. The second kappa shape index (κ2) is 13.8. The van der Waals surface area contributed by atoms with Gasteiger partial charge in [-0.1, -0.05) is 182 Å². The molecule has 2 aliphatic rings. The van der Waals surface area contributed by atoms with Crippen LogP contribution in [0.2, 0.25) is 0 Å². The molecule has 0 amide bonds. The molecule has 294 valence electrons. The van der Waals surface area contributed by atoms with Gasteiger partial charge in [-0.3, -0.25) is 0 Å². The van der Waals surface area contributed by atoms with Crippen LogP contribution in [0.15, 0.2) is 218 Å². The fraction of sp³-hybridized carbons (Fsp3) is 0.0172. The molecule has 0 bridgehead atoms. The maximum absolute atomic E-state index is 6.86. The van der Waals surface area contributed by atoms with Crippen molar-refractivity contribution in [2.24, 2.45) is 0 Å². The number of nitrogens with zero attached hydrogens (tertiary/aromatic N) is 4. The Morgan fingerprint density at radius 3 is 1.65 bits per heavy atom. The van der Waals surface area contributed by atoms with E-state index in [-0.39, 0.29) is 0 Å². The van der Waals surface area contributed by atoms with Gasteiger partial charge in [-0.05, 0) is 69.8 Å². The fourth-order valence-electron chi connectivity index (χ4n) is 10.1. The van der Waals surface area contributed by atoms with Crippen LogP contribution in [-0.4, -0.2) is 19.5 Å². The summed E-state index contributed by atoms with van der Waals surface area (Å²) < 4.78 is 9.32. The maximum atomic E-state index is 6.86. The van der Waals surface area contributed by atoms with E-state index in [4.69, 9.17) is 19.7 Å². The molecule has 0 fully saturated rings. The minimum absolute atomic E-state index is 0.611. The van der Waals surface area contributed by atoms with Crippen LogP contribution in [0.25, 0.3) is 83.9 Å². The van der Waals surface area contributed by atoms with Crippen LogP contribution in [-0.2, 0) is 5.41 Å². The summed E-state index contributed by atoms with van der Waals surface area (Å²) in [5, 5.41) is 2.48. The Hall–Kier alpha value is -8.41. The van der Waals surface area contributed by atoms with E-state index in [0.29, 0.717) is 17.5 Å². The molecule has 9 aromatic carbocycles. The lowest BCUT2D eigenvalue weighted by atomic mass is 9.61. The lowest BCUT2D eigenvalue weighted by molar-refractivity contribution is 0.434. The fourth-order valence-corrected chi connectivity index (χ4v) is 10.1. The molecule has 5 nitrogen and oxygen atoms in total. The number of para-hydroxylation sites is 4. The van der Waals surface area contributed by atoms with E-state index in [2.05, 4.69) is 187 Å². The first kappa shape index (κ1) is 35.4. The Morgan fingerprint density at radius 1 is 0.333 bits per heavy atom. The molecule has 1 unspecified atom stereocenters. The third-order valence-electron chi connectivity index (χ3n) is 12.9. The lowest BCUT2D eigenvalue weighted by Crippen LogP contribution is -2.37. The van der Waals surface area contributed by atoms with Crippen LogP contribution in [0.1, 0.15) is 22.3 Å². The van der Waals surface area contributed by atoms with E-state index in [0.717, 1.165) is 56.0 Å². The van der Waals surface area contributed by atoms with Gasteiger partial charge in [0.25, 0.3) is 0 Å². The molecule has 1 spiro atoms. The van der Waals surface area contributed by atoms with Crippen molar-refractivity contribution in [3.8, 4) is 73.6 Å². The van der Waals surface area contributed by atoms with Gasteiger partial charge in [0.1, 0.15) is 11.5 Å². The minimum atomic E-state index is -0.665. The van der Waals surface area contributed by atoms with Crippen LogP contribution in [0, 0.1) is 0 Å². The number of aromatic nitrogens is 4. The van der Waals surface area contributed by atoms with E-state index in [1.54, 1.807) is 0 Å². The number of hydrogen-bond donors (Lipinski definition) is 0. The largest absolute Gasteiger partial charge is 0.457 e. The van der Waals surface area contributed by atoms with Gasteiger partial charge < -0.3 is 9.30 Å². The SMILES string of the molecule is c1ccc(-c2ccc(-c3nc(-c4ccccc4)nc(-c4cccc(-c5ccc6c(c5)C5(c7ccccc7O6)c6ccccc6-n6c7ccccc7c7cccc5c76)c4)n3)cc2)cc1. The summed E-state index contributed by atoms with van der Waals surface area (Å²) in [5.74, 6) is 3.57. The van der Waals surface area contributed by atoms with Crippen LogP contribution in [0.5, 0.6) is 11.5 Å². The molecule has 1 atom stereocenters. The second-order valence-corrected chi connectivity index (χ2v) is 16.3. The number of ether oxygens (including phenoxy) is 1. The van der Waals surface area contributed by atoms with Crippen LogP contribution in [0.4, 0.5) is 0 Å². The molecule has 0 aliphatic carbocycles. The van der Waals surface area contributed by atoms with E-state index in [9.17, 15) is 0 Å².